The van der Waals surface area contributed by atoms with Gasteiger partial charge in [-0.2, -0.15) is 0 Å². The molecule has 2 heterocycles. The molecule has 3 heteroatoms. The van der Waals surface area contributed by atoms with Crippen LogP contribution in [-0.2, 0) is 12.8 Å². The summed E-state index contributed by atoms with van der Waals surface area (Å²) in [5.74, 6) is 0.271. The van der Waals surface area contributed by atoms with Gasteiger partial charge < -0.3 is 9.80 Å². The van der Waals surface area contributed by atoms with E-state index in [2.05, 4.69) is 35.0 Å². The summed E-state index contributed by atoms with van der Waals surface area (Å²) in [5.41, 5.74) is 3.77. The molecule has 0 saturated carbocycles. The second-order valence-corrected chi connectivity index (χ2v) is 6.99. The monoisotopic (exact) mass is 284 g/mol. The number of nitrogens with zero attached hydrogens (tertiary/aromatic N) is 2. The Bertz CT molecular complexity index is 568. The van der Waals surface area contributed by atoms with E-state index in [4.69, 9.17) is 0 Å². The molecule has 2 saturated heterocycles. The Morgan fingerprint density at radius 2 is 1.90 bits per heavy atom. The third-order valence-electron chi connectivity index (χ3n) is 5.57. The van der Waals surface area contributed by atoms with Crippen LogP contribution in [0.4, 0.5) is 0 Å². The van der Waals surface area contributed by atoms with Crippen molar-refractivity contribution in [2.45, 2.75) is 50.6 Å². The highest BCUT2D eigenvalue weighted by Gasteiger charge is 2.39. The quantitative estimate of drug-likeness (QED) is 0.791. The Morgan fingerprint density at radius 1 is 1.10 bits per heavy atom. The second-order valence-electron chi connectivity index (χ2n) is 6.99. The van der Waals surface area contributed by atoms with Crippen LogP contribution in [0.25, 0.3) is 0 Å². The lowest BCUT2D eigenvalue weighted by Crippen LogP contribution is -2.42. The minimum absolute atomic E-state index is 0.271. The van der Waals surface area contributed by atoms with E-state index in [1.54, 1.807) is 0 Å². The number of hydrogen-bond acceptors (Lipinski definition) is 2. The van der Waals surface area contributed by atoms with Crippen LogP contribution in [0.3, 0.4) is 0 Å². The van der Waals surface area contributed by atoms with Crippen molar-refractivity contribution in [3.05, 3.63) is 34.9 Å². The maximum absolute atomic E-state index is 13.0. The first-order chi connectivity index (χ1) is 10.2. The molecule has 112 valence electrons. The molecular formula is C18H24N2O. The van der Waals surface area contributed by atoms with Gasteiger partial charge in [-0.25, -0.2) is 0 Å². The van der Waals surface area contributed by atoms with Gasteiger partial charge in [-0.05, 0) is 75.4 Å². The molecule has 0 unspecified atom stereocenters. The van der Waals surface area contributed by atoms with Crippen LogP contribution in [0.5, 0.6) is 0 Å². The van der Waals surface area contributed by atoms with Gasteiger partial charge in [0, 0.05) is 24.2 Å². The Balaban J connectivity index is 1.62. The lowest BCUT2D eigenvalue weighted by molar-refractivity contribution is 0.0673. The Hall–Kier alpha value is -1.35. The number of aryl methyl sites for hydroxylation is 2. The molecule has 1 aromatic rings. The number of likely N-dealkylation sites (N-methyl/N-ethyl adjacent to an activating group) is 1. The van der Waals surface area contributed by atoms with Gasteiger partial charge in [0.2, 0.25) is 0 Å². The maximum Gasteiger partial charge on any atom is 0.254 e. The third kappa shape index (κ3) is 2.28. The van der Waals surface area contributed by atoms with E-state index in [1.165, 1.54) is 36.8 Å². The molecule has 4 rings (SSSR count). The summed E-state index contributed by atoms with van der Waals surface area (Å²) in [7, 11) is 2.18. The van der Waals surface area contributed by atoms with Gasteiger partial charge in [-0.1, -0.05) is 6.07 Å². The molecule has 1 aromatic carbocycles. The summed E-state index contributed by atoms with van der Waals surface area (Å²) in [5, 5.41) is 0. The van der Waals surface area contributed by atoms with E-state index in [0.717, 1.165) is 31.5 Å². The largest absolute Gasteiger partial charge is 0.331 e. The molecule has 1 amide bonds. The summed E-state index contributed by atoms with van der Waals surface area (Å²) in [6, 6.07) is 7.28. The van der Waals surface area contributed by atoms with Crippen molar-refractivity contribution in [3.8, 4) is 0 Å². The molecule has 1 aliphatic carbocycles. The van der Waals surface area contributed by atoms with Crippen LogP contribution in [0.15, 0.2) is 18.2 Å². The Labute approximate surface area is 126 Å². The van der Waals surface area contributed by atoms with Gasteiger partial charge in [-0.3, -0.25) is 4.79 Å². The van der Waals surface area contributed by atoms with Gasteiger partial charge in [-0.15, -0.1) is 0 Å². The van der Waals surface area contributed by atoms with Crippen molar-refractivity contribution in [3.63, 3.8) is 0 Å². The third-order valence-corrected chi connectivity index (χ3v) is 5.57. The predicted octanol–water partition coefficient (Wildman–Crippen LogP) is 2.48. The van der Waals surface area contributed by atoms with E-state index in [9.17, 15) is 4.79 Å². The molecule has 2 bridgehead atoms. The summed E-state index contributed by atoms with van der Waals surface area (Å²) >= 11 is 0. The van der Waals surface area contributed by atoms with Crippen LogP contribution in [0.2, 0.25) is 0 Å². The van der Waals surface area contributed by atoms with Crippen molar-refractivity contribution in [2.24, 2.45) is 0 Å². The van der Waals surface area contributed by atoms with Gasteiger partial charge in [0.1, 0.15) is 0 Å². The van der Waals surface area contributed by atoms with Crippen molar-refractivity contribution in [2.75, 3.05) is 20.1 Å². The van der Waals surface area contributed by atoms with Gasteiger partial charge >= 0.3 is 0 Å². The topological polar surface area (TPSA) is 23.6 Å². The first-order valence-corrected chi connectivity index (χ1v) is 8.35. The number of benzene rings is 1. The first kappa shape index (κ1) is 13.3. The molecule has 21 heavy (non-hydrogen) atoms. The van der Waals surface area contributed by atoms with E-state index in [-0.39, 0.29) is 5.91 Å². The van der Waals surface area contributed by atoms with Gasteiger partial charge in [0.05, 0.1) is 0 Å². The number of likely N-dealkylation sites (tertiary alicyclic amines) is 1. The molecule has 2 aliphatic heterocycles. The highest BCUT2D eigenvalue weighted by molar-refractivity contribution is 5.95. The zero-order valence-corrected chi connectivity index (χ0v) is 12.8. The minimum Gasteiger partial charge on any atom is -0.331 e. The molecular weight excluding hydrogens is 260 g/mol. The minimum atomic E-state index is 0.271. The van der Waals surface area contributed by atoms with E-state index >= 15 is 0 Å². The Kier molecular flexibility index (Phi) is 3.26. The zero-order chi connectivity index (χ0) is 14.4. The smallest absolute Gasteiger partial charge is 0.254 e. The van der Waals surface area contributed by atoms with Crippen LogP contribution in [0, 0.1) is 0 Å². The highest BCUT2D eigenvalue weighted by Crippen LogP contribution is 2.32. The van der Waals surface area contributed by atoms with Crippen molar-refractivity contribution in [1.29, 1.82) is 0 Å². The lowest BCUT2D eigenvalue weighted by atomic mass is 10.0. The van der Waals surface area contributed by atoms with Crippen molar-refractivity contribution in [1.82, 2.24) is 9.80 Å². The van der Waals surface area contributed by atoms with E-state index in [0.29, 0.717) is 12.1 Å². The van der Waals surface area contributed by atoms with Crippen molar-refractivity contribution >= 4 is 5.91 Å². The number of rotatable bonds is 1. The SMILES string of the molecule is CN1CC[C@H]2CC[C@@H](C1)N2C(=O)c1ccc2c(c1)CCC2. The van der Waals surface area contributed by atoms with Crippen LogP contribution < -0.4 is 0 Å². The van der Waals surface area contributed by atoms with Crippen molar-refractivity contribution < 1.29 is 4.79 Å². The number of fused-ring (bicyclic) bond motifs is 3. The molecule has 2 fully saturated rings. The number of carbonyl (C=O) groups is 1. The molecule has 0 aromatic heterocycles. The van der Waals surface area contributed by atoms with Crippen LogP contribution in [0.1, 0.15) is 47.2 Å². The summed E-state index contributed by atoms with van der Waals surface area (Å²) < 4.78 is 0. The first-order valence-electron chi connectivity index (χ1n) is 8.35. The van der Waals surface area contributed by atoms with Gasteiger partial charge in [0.15, 0.2) is 0 Å². The fraction of sp³-hybridized carbons (Fsp3) is 0.611. The maximum atomic E-state index is 13.0. The molecule has 0 spiro atoms. The average Bonchev–Trinajstić information content (AvgIpc) is 3.05. The zero-order valence-electron chi connectivity index (χ0n) is 12.8. The molecule has 0 radical (unpaired) electrons. The molecule has 3 aliphatic rings. The normalized spacial score (nSPS) is 28.5. The molecule has 2 atom stereocenters. The highest BCUT2D eigenvalue weighted by atomic mass is 16.2. The summed E-state index contributed by atoms with van der Waals surface area (Å²) in [4.78, 5) is 17.6. The summed E-state index contributed by atoms with van der Waals surface area (Å²) in [6.07, 6.45) is 7.06. The fourth-order valence-electron chi connectivity index (χ4n) is 4.43. The number of carbonyl (C=O) groups excluding carboxylic acids is 1. The summed E-state index contributed by atoms with van der Waals surface area (Å²) in [6.45, 7) is 2.16. The van der Waals surface area contributed by atoms with E-state index < -0.39 is 0 Å². The van der Waals surface area contributed by atoms with Crippen LogP contribution >= 0.6 is 0 Å². The van der Waals surface area contributed by atoms with E-state index in [1.807, 2.05) is 0 Å². The van der Waals surface area contributed by atoms with Crippen LogP contribution in [-0.4, -0.2) is 47.9 Å². The Morgan fingerprint density at radius 3 is 2.81 bits per heavy atom. The number of hydrogen-bond donors (Lipinski definition) is 0. The average molecular weight is 284 g/mol. The number of amides is 1. The molecule has 3 nitrogen and oxygen atoms in total. The molecule has 0 N–H and O–H groups in total. The lowest BCUT2D eigenvalue weighted by Gasteiger charge is -2.28. The standard InChI is InChI=1S/C18H24N2O/c1-19-10-9-16-7-8-17(12-19)20(16)18(21)15-6-5-13-3-2-4-14(13)11-15/h5-6,11,16-17H,2-4,7-10,12H2,1H3/t16-,17+/m1/s1. The second kappa shape index (κ2) is 5.13. The predicted molar refractivity (Wildman–Crippen MR) is 83.6 cm³/mol. The fourth-order valence-corrected chi connectivity index (χ4v) is 4.43. The van der Waals surface area contributed by atoms with Gasteiger partial charge in [0.25, 0.3) is 5.91 Å².